The molecule has 3 N–H and O–H groups in total. The summed E-state index contributed by atoms with van der Waals surface area (Å²) in [6.07, 6.45) is 0. The largest absolute Gasteiger partial charge is 0.494 e. The minimum Gasteiger partial charge on any atom is -0.494 e. The van der Waals surface area contributed by atoms with Gasteiger partial charge in [-0.3, -0.25) is 5.84 Å². The Balaban J connectivity index is 2.44. The number of nitrogens with one attached hydrogen (secondary N) is 1. The summed E-state index contributed by atoms with van der Waals surface area (Å²) in [6, 6.07) is 6.57. The molecule has 0 spiro atoms. The van der Waals surface area contributed by atoms with E-state index in [4.69, 9.17) is 10.6 Å². The monoisotopic (exact) mass is 252 g/mol. The molecule has 1 aromatic carbocycles. The molecule has 0 radical (unpaired) electrons. The second-order valence-corrected chi connectivity index (χ2v) is 4.30. The highest BCUT2D eigenvalue weighted by Crippen LogP contribution is 2.29. The Morgan fingerprint density at radius 2 is 2.24 bits per heavy atom. The van der Waals surface area contributed by atoms with Crippen LogP contribution < -0.4 is 16.0 Å². The fraction of sp³-hybridized carbons (Fsp3) is 0.167. The van der Waals surface area contributed by atoms with Crippen LogP contribution in [0.25, 0.3) is 0 Å². The lowest BCUT2D eigenvalue weighted by atomic mass is 10.0. The van der Waals surface area contributed by atoms with Crippen LogP contribution in [0.15, 0.2) is 35.0 Å². The van der Waals surface area contributed by atoms with Gasteiger partial charge >= 0.3 is 0 Å². The van der Waals surface area contributed by atoms with Gasteiger partial charge in [0.05, 0.1) is 13.2 Å². The van der Waals surface area contributed by atoms with Crippen LogP contribution in [0.5, 0.6) is 5.75 Å². The molecule has 0 aliphatic heterocycles. The summed E-state index contributed by atoms with van der Waals surface area (Å²) in [6.45, 7) is 0. The van der Waals surface area contributed by atoms with Gasteiger partial charge in [-0.1, -0.05) is 12.1 Å². The van der Waals surface area contributed by atoms with Crippen LogP contribution in [0.1, 0.15) is 17.2 Å². The maximum Gasteiger partial charge on any atom is 0.170 e. The van der Waals surface area contributed by atoms with Gasteiger partial charge in [0.15, 0.2) is 11.6 Å². The molecule has 0 aliphatic carbocycles. The van der Waals surface area contributed by atoms with E-state index in [0.29, 0.717) is 5.56 Å². The molecular formula is C12H13FN2OS. The number of halogens is 1. The topological polar surface area (TPSA) is 47.3 Å². The van der Waals surface area contributed by atoms with Crippen LogP contribution in [-0.4, -0.2) is 7.11 Å². The Labute approximate surface area is 103 Å². The van der Waals surface area contributed by atoms with Crippen molar-refractivity contribution < 1.29 is 9.13 Å². The summed E-state index contributed by atoms with van der Waals surface area (Å²) >= 11 is 1.54. The summed E-state index contributed by atoms with van der Waals surface area (Å²) in [5, 5.41) is 3.86. The third-order valence-corrected chi connectivity index (χ3v) is 3.27. The average molecular weight is 252 g/mol. The predicted molar refractivity (Wildman–Crippen MR) is 66.4 cm³/mol. The van der Waals surface area contributed by atoms with Crippen LogP contribution in [0.4, 0.5) is 4.39 Å². The van der Waals surface area contributed by atoms with E-state index in [1.54, 1.807) is 29.5 Å². The van der Waals surface area contributed by atoms with Gasteiger partial charge < -0.3 is 4.74 Å². The number of thiophene rings is 1. The van der Waals surface area contributed by atoms with Gasteiger partial charge in [0.2, 0.25) is 0 Å². The molecule has 2 aromatic rings. The van der Waals surface area contributed by atoms with Gasteiger partial charge in [0, 0.05) is 5.56 Å². The molecule has 0 saturated carbocycles. The number of methoxy groups -OCH3 is 1. The molecular weight excluding hydrogens is 239 g/mol. The van der Waals surface area contributed by atoms with Crippen molar-refractivity contribution in [2.75, 3.05) is 7.11 Å². The summed E-state index contributed by atoms with van der Waals surface area (Å²) in [4.78, 5) is 0. The fourth-order valence-corrected chi connectivity index (χ4v) is 2.40. The highest BCUT2D eigenvalue weighted by molar-refractivity contribution is 7.08. The fourth-order valence-electron chi connectivity index (χ4n) is 1.71. The van der Waals surface area contributed by atoms with E-state index < -0.39 is 0 Å². The molecule has 0 bridgehead atoms. The maximum absolute atomic E-state index is 14.1. The standard InChI is InChI=1S/C12H13FN2OS/c1-16-10-4-2-3-9(11(10)13)12(15-14)8-5-6-17-7-8/h2-7,12,15H,14H2,1H3. The molecule has 1 atom stereocenters. The predicted octanol–water partition coefficient (Wildman–Crippen LogP) is 2.45. The third kappa shape index (κ3) is 2.31. The Hall–Kier alpha value is -1.43. The quantitative estimate of drug-likeness (QED) is 0.649. The molecule has 2 rings (SSSR count). The van der Waals surface area contributed by atoms with Gasteiger partial charge in [-0.05, 0) is 28.5 Å². The van der Waals surface area contributed by atoms with E-state index in [2.05, 4.69) is 5.43 Å². The van der Waals surface area contributed by atoms with Gasteiger partial charge in [-0.15, -0.1) is 0 Å². The molecule has 0 saturated heterocycles. The second kappa shape index (κ2) is 5.27. The number of hydrazine groups is 1. The van der Waals surface area contributed by atoms with Crippen LogP contribution in [0, 0.1) is 5.82 Å². The molecule has 1 heterocycles. The SMILES string of the molecule is COc1cccc(C(NN)c2ccsc2)c1F. The molecule has 17 heavy (non-hydrogen) atoms. The normalized spacial score (nSPS) is 12.4. The van der Waals surface area contributed by atoms with E-state index in [9.17, 15) is 4.39 Å². The Morgan fingerprint density at radius 3 is 2.82 bits per heavy atom. The molecule has 1 unspecified atom stereocenters. The Morgan fingerprint density at radius 1 is 1.41 bits per heavy atom. The van der Waals surface area contributed by atoms with Crippen molar-refractivity contribution in [2.45, 2.75) is 6.04 Å². The van der Waals surface area contributed by atoms with Crippen LogP contribution in [0.2, 0.25) is 0 Å². The number of rotatable bonds is 4. The van der Waals surface area contributed by atoms with Gasteiger partial charge in [-0.2, -0.15) is 11.3 Å². The summed E-state index contributed by atoms with van der Waals surface area (Å²) in [5.74, 6) is 5.34. The lowest BCUT2D eigenvalue weighted by molar-refractivity contribution is 0.382. The summed E-state index contributed by atoms with van der Waals surface area (Å²) in [5.41, 5.74) is 4.04. The first-order valence-electron chi connectivity index (χ1n) is 5.08. The lowest BCUT2D eigenvalue weighted by Crippen LogP contribution is -2.29. The van der Waals surface area contributed by atoms with E-state index in [1.165, 1.54) is 7.11 Å². The number of benzene rings is 1. The number of nitrogens with two attached hydrogens (primary N) is 1. The minimum absolute atomic E-state index is 0.220. The molecule has 3 nitrogen and oxygen atoms in total. The van der Waals surface area contributed by atoms with E-state index >= 15 is 0 Å². The minimum atomic E-state index is -0.385. The summed E-state index contributed by atoms with van der Waals surface area (Å²) < 4.78 is 19.0. The van der Waals surface area contributed by atoms with Crippen molar-refractivity contribution in [3.05, 3.63) is 52.0 Å². The highest BCUT2D eigenvalue weighted by atomic mass is 32.1. The average Bonchev–Trinajstić information content (AvgIpc) is 2.86. The molecule has 0 amide bonds. The van der Waals surface area contributed by atoms with Crippen molar-refractivity contribution in [1.29, 1.82) is 0 Å². The van der Waals surface area contributed by atoms with Crippen molar-refractivity contribution in [1.82, 2.24) is 5.43 Å². The first-order valence-corrected chi connectivity index (χ1v) is 6.02. The molecule has 90 valence electrons. The van der Waals surface area contributed by atoms with Gasteiger partial charge in [0.1, 0.15) is 0 Å². The van der Waals surface area contributed by atoms with Crippen molar-refractivity contribution in [2.24, 2.45) is 5.84 Å². The zero-order chi connectivity index (χ0) is 12.3. The zero-order valence-corrected chi connectivity index (χ0v) is 10.1. The smallest absolute Gasteiger partial charge is 0.170 e. The lowest BCUT2D eigenvalue weighted by Gasteiger charge is -2.17. The molecule has 5 heteroatoms. The number of ether oxygens (including phenoxy) is 1. The molecule has 0 aliphatic rings. The second-order valence-electron chi connectivity index (χ2n) is 3.52. The Kier molecular flexibility index (Phi) is 3.73. The first-order chi connectivity index (χ1) is 8.27. The number of hydrogen-bond donors (Lipinski definition) is 2. The first kappa shape index (κ1) is 12.0. The summed E-state index contributed by atoms with van der Waals surface area (Å²) in [7, 11) is 1.44. The molecule has 1 aromatic heterocycles. The van der Waals surface area contributed by atoms with E-state index in [1.807, 2.05) is 16.8 Å². The van der Waals surface area contributed by atoms with Gasteiger partial charge in [-0.25, -0.2) is 9.82 Å². The Bertz CT molecular complexity index is 487. The van der Waals surface area contributed by atoms with Gasteiger partial charge in [0.25, 0.3) is 0 Å². The maximum atomic E-state index is 14.1. The van der Waals surface area contributed by atoms with E-state index in [-0.39, 0.29) is 17.6 Å². The van der Waals surface area contributed by atoms with Crippen LogP contribution in [-0.2, 0) is 0 Å². The highest BCUT2D eigenvalue weighted by Gasteiger charge is 2.19. The molecule has 0 fully saturated rings. The third-order valence-electron chi connectivity index (χ3n) is 2.57. The van der Waals surface area contributed by atoms with Crippen LogP contribution in [0.3, 0.4) is 0 Å². The van der Waals surface area contributed by atoms with Crippen molar-refractivity contribution in [3.8, 4) is 5.75 Å². The van der Waals surface area contributed by atoms with Crippen molar-refractivity contribution >= 4 is 11.3 Å². The van der Waals surface area contributed by atoms with E-state index in [0.717, 1.165) is 5.56 Å². The zero-order valence-electron chi connectivity index (χ0n) is 9.31. The number of hydrogen-bond acceptors (Lipinski definition) is 4. The van der Waals surface area contributed by atoms with Crippen LogP contribution >= 0.6 is 11.3 Å². The van der Waals surface area contributed by atoms with Crippen molar-refractivity contribution in [3.63, 3.8) is 0 Å².